The van der Waals surface area contributed by atoms with Crippen molar-refractivity contribution in [2.24, 2.45) is 5.41 Å². The summed E-state index contributed by atoms with van der Waals surface area (Å²) in [4.78, 5) is 8.25. The van der Waals surface area contributed by atoms with E-state index in [4.69, 9.17) is 4.74 Å². The first-order valence-electron chi connectivity index (χ1n) is 8.21. The molecule has 1 aromatic carbocycles. The Bertz CT molecular complexity index is 949. The van der Waals surface area contributed by atoms with Crippen LogP contribution < -0.4 is 10.1 Å². The van der Waals surface area contributed by atoms with Crippen molar-refractivity contribution in [2.75, 3.05) is 12.4 Å². The average Bonchev–Trinajstić information content (AvgIpc) is 3.05. The molecule has 2 heterocycles. The van der Waals surface area contributed by atoms with Gasteiger partial charge in [0, 0.05) is 29.4 Å². The van der Waals surface area contributed by atoms with E-state index in [9.17, 15) is 8.78 Å². The molecule has 1 atom stereocenters. The van der Waals surface area contributed by atoms with Crippen molar-refractivity contribution in [3.8, 4) is 16.9 Å². The number of halogens is 2. The highest BCUT2D eigenvalue weighted by atomic mass is 19.1. The number of ether oxygens (including phenoxy) is 1. The van der Waals surface area contributed by atoms with Crippen molar-refractivity contribution in [1.29, 1.82) is 0 Å². The number of rotatable bonds is 4. The van der Waals surface area contributed by atoms with Gasteiger partial charge in [0.25, 0.3) is 5.78 Å². The summed E-state index contributed by atoms with van der Waals surface area (Å²) in [6.45, 7) is 8.25. The van der Waals surface area contributed by atoms with Crippen molar-refractivity contribution in [1.82, 2.24) is 19.6 Å². The van der Waals surface area contributed by atoms with E-state index < -0.39 is 11.6 Å². The highest BCUT2D eigenvalue weighted by molar-refractivity contribution is 5.77. The van der Waals surface area contributed by atoms with Gasteiger partial charge < -0.3 is 10.1 Å². The molecule has 26 heavy (non-hydrogen) atoms. The predicted molar refractivity (Wildman–Crippen MR) is 95.2 cm³/mol. The molecule has 0 aliphatic heterocycles. The SMILES string of the molecule is COc1cc(F)c(-c2cnc3ncnn3c2NC(C)C(C)(C)C)cc1F. The molecular formula is C18H21F2N5O. The molecule has 1 unspecified atom stereocenters. The first-order valence-corrected chi connectivity index (χ1v) is 8.21. The average molecular weight is 361 g/mol. The summed E-state index contributed by atoms with van der Waals surface area (Å²) in [7, 11) is 1.29. The maximum Gasteiger partial charge on any atom is 0.254 e. The van der Waals surface area contributed by atoms with Crippen LogP contribution in [0.4, 0.5) is 14.6 Å². The highest BCUT2D eigenvalue weighted by Crippen LogP contribution is 2.34. The minimum Gasteiger partial charge on any atom is -0.494 e. The largest absolute Gasteiger partial charge is 0.494 e. The molecule has 0 aliphatic rings. The molecule has 3 aromatic rings. The number of aromatic nitrogens is 4. The molecule has 0 fully saturated rings. The zero-order chi connectivity index (χ0) is 19.1. The van der Waals surface area contributed by atoms with E-state index in [0.29, 0.717) is 17.2 Å². The molecule has 0 radical (unpaired) electrons. The molecule has 6 nitrogen and oxygen atoms in total. The van der Waals surface area contributed by atoms with Gasteiger partial charge in [0.1, 0.15) is 18.0 Å². The van der Waals surface area contributed by atoms with E-state index >= 15 is 0 Å². The van der Waals surface area contributed by atoms with Crippen LogP contribution in [0.15, 0.2) is 24.7 Å². The fourth-order valence-electron chi connectivity index (χ4n) is 2.43. The summed E-state index contributed by atoms with van der Waals surface area (Å²) in [6.07, 6.45) is 2.83. The lowest BCUT2D eigenvalue weighted by Gasteiger charge is -2.29. The zero-order valence-corrected chi connectivity index (χ0v) is 15.3. The monoisotopic (exact) mass is 361 g/mol. The van der Waals surface area contributed by atoms with Gasteiger partial charge in [-0.3, -0.25) is 0 Å². The normalized spacial score (nSPS) is 13.0. The predicted octanol–water partition coefficient (Wildman–Crippen LogP) is 3.92. The molecule has 1 N–H and O–H groups in total. The maximum atomic E-state index is 14.6. The number of benzene rings is 1. The minimum absolute atomic E-state index is 0.0159. The van der Waals surface area contributed by atoms with Gasteiger partial charge in [0.05, 0.1) is 7.11 Å². The second kappa shape index (κ2) is 6.51. The van der Waals surface area contributed by atoms with Crippen LogP contribution in [0, 0.1) is 17.0 Å². The first-order chi connectivity index (χ1) is 12.2. The summed E-state index contributed by atoms with van der Waals surface area (Å²) in [6, 6.07) is 2.14. The number of nitrogens with zero attached hydrogens (tertiary/aromatic N) is 4. The van der Waals surface area contributed by atoms with Crippen LogP contribution in [0.5, 0.6) is 5.75 Å². The standard InChI is InChI=1S/C18H21F2N5O/c1-10(18(2,3)4)24-16-12(8-21-17-22-9-23-25(16)17)11-6-14(20)15(26-5)7-13(11)19/h6-10,24H,1-5H3. The Kier molecular flexibility index (Phi) is 4.52. The number of hydrogen-bond donors (Lipinski definition) is 1. The molecule has 0 bridgehead atoms. The van der Waals surface area contributed by atoms with Crippen LogP contribution in [0.3, 0.4) is 0 Å². The van der Waals surface area contributed by atoms with Crippen LogP contribution >= 0.6 is 0 Å². The van der Waals surface area contributed by atoms with Crippen LogP contribution in [0.1, 0.15) is 27.7 Å². The van der Waals surface area contributed by atoms with Crippen molar-refractivity contribution in [3.05, 3.63) is 36.3 Å². The van der Waals surface area contributed by atoms with E-state index in [1.165, 1.54) is 24.1 Å². The lowest BCUT2D eigenvalue weighted by Crippen LogP contribution is -2.32. The fraction of sp³-hybridized carbons (Fsp3) is 0.389. The van der Waals surface area contributed by atoms with E-state index in [0.717, 1.165) is 12.1 Å². The van der Waals surface area contributed by atoms with Gasteiger partial charge in [-0.1, -0.05) is 20.8 Å². The van der Waals surface area contributed by atoms with Crippen molar-refractivity contribution in [2.45, 2.75) is 33.7 Å². The van der Waals surface area contributed by atoms with Crippen LogP contribution in [-0.2, 0) is 0 Å². The summed E-state index contributed by atoms with van der Waals surface area (Å²) in [5, 5.41) is 7.52. The Morgan fingerprint density at radius 3 is 2.50 bits per heavy atom. The van der Waals surface area contributed by atoms with Crippen LogP contribution in [-0.4, -0.2) is 32.7 Å². The van der Waals surface area contributed by atoms with Gasteiger partial charge in [0.2, 0.25) is 0 Å². The van der Waals surface area contributed by atoms with Crippen LogP contribution in [0.2, 0.25) is 0 Å². The Labute approximate surface area is 150 Å². The van der Waals surface area contributed by atoms with E-state index in [2.05, 4.69) is 41.2 Å². The quantitative estimate of drug-likeness (QED) is 0.763. The molecule has 0 aliphatic carbocycles. The number of methoxy groups -OCH3 is 1. The van der Waals surface area contributed by atoms with E-state index in [1.807, 2.05) is 6.92 Å². The van der Waals surface area contributed by atoms with Crippen molar-refractivity contribution < 1.29 is 13.5 Å². The Morgan fingerprint density at radius 1 is 1.12 bits per heavy atom. The number of nitrogens with one attached hydrogen (secondary N) is 1. The molecule has 0 saturated heterocycles. The van der Waals surface area contributed by atoms with Gasteiger partial charge in [-0.15, -0.1) is 0 Å². The molecular weight excluding hydrogens is 340 g/mol. The van der Waals surface area contributed by atoms with Gasteiger partial charge in [0.15, 0.2) is 11.6 Å². The van der Waals surface area contributed by atoms with E-state index in [1.54, 1.807) is 0 Å². The smallest absolute Gasteiger partial charge is 0.254 e. The fourth-order valence-corrected chi connectivity index (χ4v) is 2.43. The summed E-state index contributed by atoms with van der Waals surface area (Å²) in [5.74, 6) is -0.558. The van der Waals surface area contributed by atoms with Gasteiger partial charge in [-0.05, 0) is 18.4 Å². The number of hydrogen-bond acceptors (Lipinski definition) is 5. The molecule has 138 valence electrons. The minimum atomic E-state index is -0.655. The number of anilines is 1. The molecule has 3 rings (SSSR count). The summed E-state index contributed by atoms with van der Waals surface area (Å²) < 4.78 is 35.1. The first kappa shape index (κ1) is 18.0. The van der Waals surface area contributed by atoms with Gasteiger partial charge >= 0.3 is 0 Å². The Morgan fingerprint density at radius 2 is 1.85 bits per heavy atom. The molecule has 0 saturated carbocycles. The third-order valence-electron chi connectivity index (χ3n) is 4.49. The molecule has 0 spiro atoms. The van der Waals surface area contributed by atoms with Crippen molar-refractivity contribution >= 4 is 11.6 Å². The molecule has 2 aromatic heterocycles. The van der Waals surface area contributed by atoms with E-state index in [-0.39, 0.29) is 22.8 Å². The lowest BCUT2D eigenvalue weighted by atomic mass is 9.88. The topological polar surface area (TPSA) is 64.3 Å². The number of fused-ring (bicyclic) bond motifs is 1. The maximum absolute atomic E-state index is 14.6. The van der Waals surface area contributed by atoms with Gasteiger partial charge in [-0.2, -0.15) is 14.6 Å². The third kappa shape index (κ3) is 3.18. The Balaban J connectivity index is 2.20. The van der Waals surface area contributed by atoms with Crippen LogP contribution in [0.25, 0.3) is 16.9 Å². The lowest BCUT2D eigenvalue weighted by molar-refractivity contribution is 0.358. The molecule has 8 heteroatoms. The Hall–Kier alpha value is -2.77. The van der Waals surface area contributed by atoms with Gasteiger partial charge in [-0.25, -0.2) is 13.8 Å². The third-order valence-corrected chi connectivity index (χ3v) is 4.49. The zero-order valence-electron chi connectivity index (χ0n) is 15.3. The summed E-state index contributed by atoms with van der Waals surface area (Å²) in [5.41, 5.74) is 0.381. The second-order valence-electron chi connectivity index (χ2n) is 7.19. The summed E-state index contributed by atoms with van der Waals surface area (Å²) >= 11 is 0. The van der Waals surface area contributed by atoms with Crippen molar-refractivity contribution in [3.63, 3.8) is 0 Å². The second-order valence-corrected chi connectivity index (χ2v) is 7.19. The molecule has 0 amide bonds. The highest BCUT2D eigenvalue weighted by Gasteiger charge is 2.24.